The van der Waals surface area contributed by atoms with E-state index in [1.165, 1.54) is 353 Å². The van der Waals surface area contributed by atoms with Crippen molar-refractivity contribution in [2.45, 2.75) is 437 Å². The molecular formula is C82H157NO8. The van der Waals surface area contributed by atoms with Crippen LogP contribution < -0.4 is 5.11 Å². The van der Waals surface area contributed by atoms with Crippen molar-refractivity contribution in [2.75, 3.05) is 47.5 Å². The number of aliphatic carboxylic acids is 1. The zero-order valence-electron chi connectivity index (χ0n) is 61.8. The second kappa shape index (κ2) is 73.6. The van der Waals surface area contributed by atoms with Crippen LogP contribution in [-0.2, 0) is 33.3 Å². The molecule has 0 bridgehead atoms. The quantitative estimate of drug-likeness (QED) is 0.0195. The molecule has 0 aliphatic heterocycles. The van der Waals surface area contributed by atoms with E-state index in [4.69, 9.17) is 18.9 Å². The van der Waals surface area contributed by atoms with Gasteiger partial charge in [-0.15, -0.1) is 0 Å². The van der Waals surface area contributed by atoms with Gasteiger partial charge in [-0.25, -0.2) is 0 Å². The van der Waals surface area contributed by atoms with Crippen LogP contribution in [0.1, 0.15) is 425 Å². The molecule has 0 N–H and O–H groups in total. The summed E-state index contributed by atoms with van der Waals surface area (Å²) in [6.07, 6.45) is 90.3. The van der Waals surface area contributed by atoms with Crippen molar-refractivity contribution < 1.29 is 42.9 Å². The molecule has 2 unspecified atom stereocenters. The van der Waals surface area contributed by atoms with Crippen molar-refractivity contribution in [3.05, 3.63) is 24.3 Å². The van der Waals surface area contributed by atoms with E-state index in [-0.39, 0.29) is 32.2 Å². The maximum absolute atomic E-state index is 13.0. The molecule has 0 aliphatic rings. The third-order valence-corrected chi connectivity index (χ3v) is 18.7. The molecule has 0 saturated heterocycles. The van der Waals surface area contributed by atoms with Crippen LogP contribution in [0.15, 0.2) is 24.3 Å². The van der Waals surface area contributed by atoms with Crippen LogP contribution in [0.3, 0.4) is 0 Å². The molecule has 2 atom stereocenters. The minimum absolute atomic E-state index is 0.152. The number of carboxylic acid groups (broad SMARTS) is 1. The molecule has 0 fully saturated rings. The second-order valence-corrected chi connectivity index (χ2v) is 29.1. The van der Waals surface area contributed by atoms with E-state index in [9.17, 15) is 19.5 Å². The Morgan fingerprint density at radius 3 is 0.868 bits per heavy atom. The van der Waals surface area contributed by atoms with Crippen LogP contribution in [0.25, 0.3) is 0 Å². The van der Waals surface area contributed by atoms with Crippen molar-refractivity contribution in [1.82, 2.24) is 0 Å². The summed E-state index contributed by atoms with van der Waals surface area (Å²) in [6.45, 7) is 4.83. The number of quaternary nitrogens is 1. The highest BCUT2D eigenvalue weighted by molar-refractivity contribution is 5.70. The number of allylic oxidation sites excluding steroid dienone is 4. The number of carbonyl (C=O) groups excluding carboxylic acids is 3. The first-order valence-electron chi connectivity index (χ1n) is 40.5. The van der Waals surface area contributed by atoms with Gasteiger partial charge in [0.05, 0.1) is 40.3 Å². The van der Waals surface area contributed by atoms with Gasteiger partial charge in [0, 0.05) is 12.8 Å². The molecule has 0 aliphatic carbocycles. The van der Waals surface area contributed by atoms with Gasteiger partial charge in [0.2, 0.25) is 0 Å². The van der Waals surface area contributed by atoms with Gasteiger partial charge in [-0.3, -0.25) is 9.59 Å². The summed E-state index contributed by atoms with van der Waals surface area (Å²) in [6, 6.07) is 0. The van der Waals surface area contributed by atoms with E-state index < -0.39 is 24.3 Å². The number of unbranched alkanes of at least 4 members (excludes halogenated alkanes) is 58. The fraction of sp³-hybridized carbons (Fsp3) is 0.915. The Morgan fingerprint density at radius 1 is 0.330 bits per heavy atom. The third kappa shape index (κ3) is 75.0. The Kier molecular flexibility index (Phi) is 71.8. The summed E-state index contributed by atoms with van der Waals surface area (Å²) in [4.78, 5) is 37.6. The summed E-state index contributed by atoms with van der Waals surface area (Å²) in [5.41, 5.74) is 0. The Balaban J connectivity index is 3.94. The average molecular weight is 1290 g/mol. The fourth-order valence-electron chi connectivity index (χ4n) is 12.5. The number of rotatable bonds is 77. The van der Waals surface area contributed by atoms with Crippen LogP contribution in [0.5, 0.6) is 0 Å². The monoisotopic (exact) mass is 1280 g/mol. The Labute approximate surface area is 567 Å². The van der Waals surface area contributed by atoms with Gasteiger partial charge in [0.15, 0.2) is 12.4 Å². The highest BCUT2D eigenvalue weighted by Gasteiger charge is 2.22. The third-order valence-electron chi connectivity index (χ3n) is 18.7. The number of likely N-dealkylation sites (N-methyl/N-ethyl adjacent to an activating group) is 1. The number of esters is 2. The predicted octanol–water partition coefficient (Wildman–Crippen LogP) is 24.4. The van der Waals surface area contributed by atoms with Crippen molar-refractivity contribution >= 4 is 17.9 Å². The molecule has 538 valence electrons. The number of ether oxygens (including phenoxy) is 4. The highest BCUT2D eigenvalue weighted by Crippen LogP contribution is 2.20. The first-order chi connectivity index (χ1) is 44.6. The van der Waals surface area contributed by atoms with Crippen LogP contribution in [0.2, 0.25) is 0 Å². The Hall–Kier alpha value is -2.23. The molecule has 0 spiro atoms. The van der Waals surface area contributed by atoms with Gasteiger partial charge in [-0.2, -0.15) is 0 Å². The summed E-state index contributed by atoms with van der Waals surface area (Å²) in [7, 11) is 5.95. The minimum Gasteiger partial charge on any atom is -0.545 e. The average Bonchev–Trinajstić information content (AvgIpc) is 3.66. The molecule has 0 heterocycles. The molecule has 9 nitrogen and oxygen atoms in total. The Morgan fingerprint density at radius 2 is 0.593 bits per heavy atom. The van der Waals surface area contributed by atoms with E-state index in [0.29, 0.717) is 17.4 Å². The lowest BCUT2D eigenvalue weighted by Gasteiger charge is -2.26. The number of carboxylic acids is 1. The van der Waals surface area contributed by atoms with Gasteiger partial charge in [-0.1, -0.05) is 391 Å². The largest absolute Gasteiger partial charge is 0.545 e. The van der Waals surface area contributed by atoms with Crippen LogP contribution >= 0.6 is 0 Å². The zero-order valence-corrected chi connectivity index (χ0v) is 61.8. The number of hydrogen-bond donors (Lipinski definition) is 0. The van der Waals surface area contributed by atoms with Gasteiger partial charge in [0.25, 0.3) is 0 Å². The fourth-order valence-corrected chi connectivity index (χ4v) is 12.5. The number of hydrogen-bond acceptors (Lipinski definition) is 8. The Bertz CT molecular complexity index is 1540. The van der Waals surface area contributed by atoms with Crippen molar-refractivity contribution in [3.63, 3.8) is 0 Å². The second-order valence-electron chi connectivity index (χ2n) is 29.1. The molecule has 0 radical (unpaired) electrons. The van der Waals surface area contributed by atoms with Gasteiger partial charge in [-0.05, 0) is 44.9 Å². The zero-order chi connectivity index (χ0) is 66.1. The summed E-state index contributed by atoms with van der Waals surface area (Å²) in [5, 5.41) is 11.9. The molecule has 0 aromatic heterocycles. The van der Waals surface area contributed by atoms with Gasteiger partial charge in [0.1, 0.15) is 13.2 Å². The van der Waals surface area contributed by atoms with Crippen LogP contribution in [0.4, 0.5) is 0 Å². The van der Waals surface area contributed by atoms with E-state index in [2.05, 4.69) is 38.2 Å². The lowest BCUT2D eigenvalue weighted by Crippen LogP contribution is -2.44. The first kappa shape index (κ1) is 88.8. The molecular weight excluding hydrogens is 1130 g/mol. The molecule has 0 rings (SSSR count). The predicted molar refractivity (Wildman–Crippen MR) is 390 cm³/mol. The molecule has 0 aromatic carbocycles. The first-order valence-corrected chi connectivity index (χ1v) is 40.5. The van der Waals surface area contributed by atoms with E-state index in [0.717, 1.165) is 44.9 Å². The smallest absolute Gasteiger partial charge is 0.306 e. The standard InChI is InChI=1S/C82H157NO8/c1-6-8-10-12-14-16-18-20-22-24-26-28-30-32-34-36-37-38-39-40-41-42-43-45-46-48-50-52-54-56-58-60-62-64-66-68-70-72-79(84)89-76-78(77-90-82(81(86)87)88-75-74-83(3,4)5)91-80(85)73-71-69-67-65-63-61-59-57-55-53-51-49-47-44-35-33-31-29-27-25-23-21-19-17-15-13-11-9-7-2/h19,21,25,27,78,82H,6-18,20,22-24,26,28-77H2,1-5H3/b21-19-,27-25-. The molecule has 0 saturated carbocycles. The maximum Gasteiger partial charge on any atom is 0.306 e. The number of carbonyl (C=O) groups is 3. The van der Waals surface area contributed by atoms with E-state index >= 15 is 0 Å². The lowest BCUT2D eigenvalue weighted by molar-refractivity contribution is -0.870. The summed E-state index contributed by atoms with van der Waals surface area (Å²) < 4.78 is 22.9. The molecule has 0 amide bonds. The van der Waals surface area contributed by atoms with E-state index in [1.54, 1.807) is 0 Å². The number of nitrogens with zero attached hydrogens (tertiary/aromatic N) is 1. The summed E-state index contributed by atoms with van der Waals surface area (Å²) >= 11 is 0. The van der Waals surface area contributed by atoms with Gasteiger partial charge < -0.3 is 33.3 Å². The SMILES string of the molecule is CCCCCCC/C=C\C/C=C\CCCCCCCCCCCCCCCCCCCC(=O)OC(COC(=O)CCCCCCCCCCCCCCCCCCCCCCCCCCCCCCCCCCCCCCC)COC(OCC[N+](C)(C)C)C(=O)[O-]. The van der Waals surface area contributed by atoms with Crippen molar-refractivity contribution in [2.24, 2.45) is 0 Å². The van der Waals surface area contributed by atoms with E-state index in [1.807, 2.05) is 21.1 Å². The van der Waals surface area contributed by atoms with Crippen LogP contribution in [0, 0.1) is 0 Å². The van der Waals surface area contributed by atoms with Crippen molar-refractivity contribution in [1.29, 1.82) is 0 Å². The topological polar surface area (TPSA) is 111 Å². The van der Waals surface area contributed by atoms with Crippen LogP contribution in [-0.4, -0.2) is 82.3 Å². The minimum atomic E-state index is -1.62. The van der Waals surface area contributed by atoms with Crippen molar-refractivity contribution in [3.8, 4) is 0 Å². The highest BCUT2D eigenvalue weighted by atomic mass is 16.7. The maximum atomic E-state index is 13.0. The molecule has 91 heavy (non-hydrogen) atoms. The molecule has 9 heteroatoms. The van der Waals surface area contributed by atoms with Gasteiger partial charge >= 0.3 is 11.9 Å². The summed E-state index contributed by atoms with van der Waals surface area (Å²) in [5.74, 6) is -2.25. The molecule has 0 aromatic rings. The normalized spacial score (nSPS) is 12.7. The lowest BCUT2D eigenvalue weighted by atomic mass is 10.0.